The third-order valence-corrected chi connectivity index (χ3v) is 5.79. The summed E-state index contributed by atoms with van der Waals surface area (Å²) in [5.74, 6) is -0.583. The zero-order valence-corrected chi connectivity index (χ0v) is 16.4. The van der Waals surface area contributed by atoms with E-state index in [4.69, 9.17) is 0 Å². The molecule has 0 aromatic heterocycles. The van der Waals surface area contributed by atoms with Crippen molar-refractivity contribution in [3.8, 4) is 5.75 Å². The van der Waals surface area contributed by atoms with E-state index in [9.17, 15) is 31.0 Å². The van der Waals surface area contributed by atoms with Gasteiger partial charge in [-0.05, 0) is 35.7 Å². The quantitative estimate of drug-likeness (QED) is 0.348. The lowest BCUT2D eigenvalue weighted by Gasteiger charge is -2.10. The van der Waals surface area contributed by atoms with Crippen molar-refractivity contribution < 1.29 is 31.0 Å². The zero-order valence-electron chi connectivity index (χ0n) is 14.8. The Bertz CT molecular complexity index is 1350. The van der Waals surface area contributed by atoms with Gasteiger partial charge in [0.1, 0.15) is 21.2 Å². The predicted molar refractivity (Wildman–Crippen MR) is 105 cm³/mol. The largest absolute Gasteiger partial charge is 0.505 e. The van der Waals surface area contributed by atoms with Gasteiger partial charge < -0.3 is 10.4 Å². The van der Waals surface area contributed by atoms with Crippen molar-refractivity contribution >= 4 is 48.1 Å². The maximum absolute atomic E-state index is 11.8. The first-order valence-corrected chi connectivity index (χ1v) is 10.8. The molecule has 0 heterocycles. The Morgan fingerprint density at radius 2 is 1.52 bits per heavy atom. The van der Waals surface area contributed by atoms with Gasteiger partial charge in [-0.25, -0.2) is 0 Å². The van der Waals surface area contributed by atoms with Gasteiger partial charge in [-0.1, -0.05) is 18.2 Å². The molecule has 29 heavy (non-hydrogen) atoms. The Kier molecular flexibility index (Phi) is 5.28. The molecule has 0 aliphatic carbocycles. The molecule has 0 atom stereocenters. The number of phenols is 1. The number of azo groups is 1. The smallest absolute Gasteiger partial charge is 0.296 e. The number of benzene rings is 3. The maximum atomic E-state index is 11.8. The lowest BCUT2D eigenvalue weighted by molar-refractivity contribution is 0.472. The second kappa shape index (κ2) is 7.40. The Morgan fingerprint density at radius 1 is 0.862 bits per heavy atom. The van der Waals surface area contributed by atoms with E-state index in [2.05, 4.69) is 15.5 Å². The van der Waals surface area contributed by atoms with Gasteiger partial charge in [-0.2, -0.15) is 16.8 Å². The molecule has 0 fully saturated rings. The first-order chi connectivity index (χ1) is 13.5. The number of hydrogen-bond donors (Lipinski definition) is 4. The molecule has 0 unspecified atom stereocenters. The molecule has 3 aromatic carbocycles. The molecule has 3 rings (SSSR count). The third kappa shape index (κ3) is 4.19. The van der Waals surface area contributed by atoms with Crippen molar-refractivity contribution in [2.45, 2.75) is 9.79 Å². The van der Waals surface area contributed by atoms with Crippen molar-refractivity contribution in [3.63, 3.8) is 0 Å². The molecule has 0 saturated carbocycles. The van der Waals surface area contributed by atoms with Gasteiger partial charge in [0.05, 0.1) is 0 Å². The average Bonchev–Trinajstić information content (AvgIpc) is 2.65. The van der Waals surface area contributed by atoms with Gasteiger partial charge >= 0.3 is 0 Å². The highest BCUT2D eigenvalue weighted by atomic mass is 32.2. The Morgan fingerprint density at radius 3 is 2.14 bits per heavy atom. The monoisotopic (exact) mass is 437 g/mol. The number of fused-ring (bicyclic) bond motifs is 1. The second-order valence-corrected chi connectivity index (χ2v) is 8.66. The van der Waals surface area contributed by atoms with Crippen LogP contribution in [0.2, 0.25) is 0 Å². The molecule has 0 radical (unpaired) electrons. The molecule has 152 valence electrons. The molecular formula is C17H15N3O7S2. The van der Waals surface area contributed by atoms with E-state index in [-0.39, 0.29) is 11.1 Å². The standard InChI is InChI=1S/C17H15N3O7S2/c1-18-11-7-6-10-8-15(29(25,26)27)16(17(21)12(10)9-11)20-19-13-4-2-3-5-14(13)28(22,23)24/h2-9,18,21H,1H3,(H,22,23,24)(H,25,26,27). The van der Waals surface area contributed by atoms with Crippen molar-refractivity contribution in [3.05, 3.63) is 48.5 Å². The minimum absolute atomic E-state index is 0.223. The molecule has 0 spiro atoms. The molecule has 10 nitrogen and oxygen atoms in total. The molecule has 0 saturated heterocycles. The summed E-state index contributed by atoms with van der Waals surface area (Å²) in [6.45, 7) is 0. The lowest BCUT2D eigenvalue weighted by Crippen LogP contribution is -1.99. The second-order valence-electron chi connectivity index (χ2n) is 5.88. The van der Waals surface area contributed by atoms with Crippen molar-refractivity contribution in [2.75, 3.05) is 12.4 Å². The van der Waals surface area contributed by atoms with E-state index in [0.717, 1.165) is 12.1 Å². The number of nitrogens with one attached hydrogen (secondary N) is 1. The fourth-order valence-corrected chi connectivity index (χ4v) is 3.93. The fraction of sp³-hybridized carbons (Fsp3) is 0.0588. The van der Waals surface area contributed by atoms with Gasteiger partial charge in [0.2, 0.25) is 0 Å². The Labute approximate surface area is 166 Å². The number of nitrogens with zero attached hydrogens (tertiary/aromatic N) is 2. The van der Waals surface area contributed by atoms with Crippen molar-refractivity contribution in [1.82, 2.24) is 0 Å². The van der Waals surface area contributed by atoms with Gasteiger partial charge in [-0.3, -0.25) is 9.11 Å². The first-order valence-electron chi connectivity index (χ1n) is 7.95. The summed E-state index contributed by atoms with van der Waals surface area (Å²) in [5.41, 5.74) is -0.259. The van der Waals surface area contributed by atoms with E-state index >= 15 is 0 Å². The van der Waals surface area contributed by atoms with E-state index < -0.39 is 41.5 Å². The summed E-state index contributed by atoms with van der Waals surface area (Å²) in [6.07, 6.45) is 0. The third-order valence-electron chi connectivity index (χ3n) is 4.02. The van der Waals surface area contributed by atoms with Crippen LogP contribution in [0.5, 0.6) is 5.75 Å². The Hall–Kier alpha value is -3.06. The number of phenolic OH excluding ortho intramolecular Hbond substituents is 1. The summed E-state index contributed by atoms with van der Waals surface area (Å²) in [6, 6.07) is 10.9. The maximum Gasteiger partial charge on any atom is 0.296 e. The van der Waals surface area contributed by atoms with Gasteiger partial charge in [0.25, 0.3) is 20.2 Å². The molecule has 12 heteroatoms. The number of anilines is 1. The SMILES string of the molecule is CNc1ccc2cc(S(=O)(=O)O)c(N=Nc3ccccc3S(=O)(=O)O)c(O)c2c1. The van der Waals surface area contributed by atoms with Crippen LogP contribution in [0.15, 0.2) is 68.6 Å². The van der Waals surface area contributed by atoms with E-state index in [1.165, 1.54) is 30.3 Å². The van der Waals surface area contributed by atoms with Crippen LogP contribution >= 0.6 is 0 Å². The van der Waals surface area contributed by atoms with E-state index in [1.54, 1.807) is 13.1 Å². The molecule has 0 aliphatic rings. The summed E-state index contributed by atoms with van der Waals surface area (Å²) in [4.78, 5) is -1.28. The molecule has 4 N–H and O–H groups in total. The van der Waals surface area contributed by atoms with Crippen LogP contribution in [-0.4, -0.2) is 38.1 Å². The normalized spacial score (nSPS) is 12.5. The first kappa shape index (κ1) is 20.7. The van der Waals surface area contributed by atoms with E-state index in [0.29, 0.717) is 11.1 Å². The van der Waals surface area contributed by atoms with Crippen molar-refractivity contribution in [2.24, 2.45) is 10.2 Å². The van der Waals surface area contributed by atoms with Crippen LogP contribution in [0.4, 0.5) is 17.1 Å². The highest BCUT2D eigenvalue weighted by Crippen LogP contribution is 2.42. The van der Waals surface area contributed by atoms with Crippen molar-refractivity contribution in [1.29, 1.82) is 0 Å². The minimum Gasteiger partial charge on any atom is -0.505 e. The molecule has 0 bridgehead atoms. The van der Waals surface area contributed by atoms with Crippen LogP contribution in [0.1, 0.15) is 0 Å². The molecular weight excluding hydrogens is 422 g/mol. The molecule has 3 aromatic rings. The van der Waals surface area contributed by atoms with Gasteiger partial charge in [0, 0.05) is 18.1 Å². The summed E-state index contributed by atoms with van der Waals surface area (Å²) in [5, 5.41) is 21.3. The zero-order chi connectivity index (χ0) is 21.4. The highest BCUT2D eigenvalue weighted by Gasteiger charge is 2.22. The van der Waals surface area contributed by atoms with Crippen LogP contribution in [0.3, 0.4) is 0 Å². The number of aromatic hydroxyl groups is 1. The predicted octanol–water partition coefficient (Wildman–Crippen LogP) is 3.50. The fourth-order valence-electron chi connectivity index (χ4n) is 2.65. The average molecular weight is 437 g/mol. The Balaban J connectivity index is 2.29. The minimum atomic E-state index is -4.80. The number of hydrogen-bond acceptors (Lipinski definition) is 8. The summed E-state index contributed by atoms with van der Waals surface area (Å²) in [7, 11) is -7.77. The molecule has 0 amide bonds. The topological polar surface area (TPSA) is 166 Å². The highest BCUT2D eigenvalue weighted by molar-refractivity contribution is 7.86. The molecule has 0 aliphatic heterocycles. The van der Waals surface area contributed by atoms with Gasteiger partial charge in [-0.15, -0.1) is 10.2 Å². The van der Waals surface area contributed by atoms with Crippen LogP contribution < -0.4 is 5.32 Å². The summed E-state index contributed by atoms with van der Waals surface area (Å²) < 4.78 is 65.4. The van der Waals surface area contributed by atoms with Gasteiger partial charge in [0.15, 0.2) is 5.75 Å². The van der Waals surface area contributed by atoms with Crippen LogP contribution in [-0.2, 0) is 20.2 Å². The van der Waals surface area contributed by atoms with Crippen LogP contribution in [0, 0.1) is 0 Å². The summed E-state index contributed by atoms with van der Waals surface area (Å²) >= 11 is 0. The number of rotatable bonds is 5. The lowest BCUT2D eigenvalue weighted by atomic mass is 10.1. The van der Waals surface area contributed by atoms with E-state index in [1.807, 2.05) is 0 Å². The van der Waals surface area contributed by atoms with Crippen LogP contribution in [0.25, 0.3) is 10.8 Å².